The molecule has 0 spiro atoms. The predicted molar refractivity (Wildman–Crippen MR) is 90.2 cm³/mol. The average Bonchev–Trinajstić information content (AvgIpc) is 2.97. The van der Waals surface area contributed by atoms with Crippen molar-refractivity contribution in [2.75, 3.05) is 7.11 Å². The number of fused-ring (bicyclic) bond motifs is 1. The van der Waals surface area contributed by atoms with Crippen molar-refractivity contribution in [1.29, 1.82) is 0 Å². The molecule has 0 amide bonds. The van der Waals surface area contributed by atoms with Crippen molar-refractivity contribution in [1.82, 2.24) is 9.61 Å². The number of benzene rings is 1. The Labute approximate surface area is 135 Å². The van der Waals surface area contributed by atoms with E-state index >= 15 is 0 Å². The van der Waals surface area contributed by atoms with Gasteiger partial charge in [-0.1, -0.05) is 19.4 Å². The Kier molecular flexibility index (Phi) is 4.42. The predicted octanol–water partition coefficient (Wildman–Crippen LogP) is 3.92. The topological polar surface area (TPSA) is 43.6 Å². The molecule has 4 nitrogen and oxygen atoms in total. The monoisotopic (exact) mass is 308 g/mol. The van der Waals surface area contributed by atoms with Gasteiger partial charge in [-0.15, -0.1) is 0 Å². The fourth-order valence-electron chi connectivity index (χ4n) is 2.70. The van der Waals surface area contributed by atoms with Crippen molar-refractivity contribution < 1.29 is 9.53 Å². The van der Waals surface area contributed by atoms with E-state index in [-0.39, 0.29) is 5.78 Å². The van der Waals surface area contributed by atoms with Crippen LogP contribution in [0, 0.1) is 0 Å². The van der Waals surface area contributed by atoms with Crippen molar-refractivity contribution in [2.24, 2.45) is 0 Å². The molecule has 2 aromatic heterocycles. The lowest BCUT2D eigenvalue weighted by Gasteiger charge is -2.04. The Hall–Kier alpha value is -2.62. The van der Waals surface area contributed by atoms with Gasteiger partial charge < -0.3 is 4.74 Å². The molecular formula is C19H20N2O2. The number of pyridine rings is 1. The lowest BCUT2D eigenvalue weighted by Crippen LogP contribution is -2.04. The number of unbranched alkanes of at least 4 members (excludes halogenated alkanes) is 1. The number of rotatable bonds is 6. The summed E-state index contributed by atoms with van der Waals surface area (Å²) in [7, 11) is 1.62. The van der Waals surface area contributed by atoms with E-state index in [9.17, 15) is 4.79 Å². The second kappa shape index (κ2) is 6.65. The molecule has 1 aromatic carbocycles. The standard InChI is InChI=1S/C19H20N2O2/c1-3-4-7-16-18(17-8-5-6-13-21(17)20-16)19(22)14-9-11-15(23-2)12-10-14/h5-6,8-13H,3-4,7H2,1-2H3. The Morgan fingerprint density at radius 1 is 1.17 bits per heavy atom. The number of methoxy groups -OCH3 is 1. The molecule has 0 aliphatic heterocycles. The normalized spacial score (nSPS) is 10.9. The SMILES string of the molecule is CCCCc1nn2ccccc2c1C(=O)c1ccc(OC)cc1. The number of nitrogens with zero attached hydrogens (tertiary/aromatic N) is 2. The summed E-state index contributed by atoms with van der Waals surface area (Å²) in [6.45, 7) is 2.14. The first-order chi connectivity index (χ1) is 11.2. The number of ketones is 1. The van der Waals surface area contributed by atoms with Crippen LogP contribution in [0.25, 0.3) is 5.52 Å². The molecule has 3 rings (SSSR count). The van der Waals surface area contributed by atoms with E-state index in [1.165, 1.54) is 0 Å². The molecule has 0 N–H and O–H groups in total. The van der Waals surface area contributed by atoms with Gasteiger partial charge in [-0.3, -0.25) is 4.79 Å². The van der Waals surface area contributed by atoms with Gasteiger partial charge in [0.2, 0.25) is 0 Å². The summed E-state index contributed by atoms with van der Waals surface area (Å²) >= 11 is 0. The number of carbonyl (C=O) groups excluding carboxylic acids is 1. The lowest BCUT2D eigenvalue weighted by molar-refractivity contribution is 0.103. The molecule has 2 heterocycles. The lowest BCUT2D eigenvalue weighted by atomic mass is 9.99. The van der Waals surface area contributed by atoms with E-state index in [0.717, 1.165) is 36.2 Å². The second-order valence-electron chi connectivity index (χ2n) is 5.51. The maximum Gasteiger partial charge on any atom is 0.197 e. The van der Waals surface area contributed by atoms with E-state index in [0.29, 0.717) is 11.1 Å². The van der Waals surface area contributed by atoms with Gasteiger partial charge in [0.25, 0.3) is 0 Å². The molecule has 23 heavy (non-hydrogen) atoms. The van der Waals surface area contributed by atoms with Gasteiger partial charge >= 0.3 is 0 Å². The van der Waals surface area contributed by atoms with E-state index in [2.05, 4.69) is 12.0 Å². The van der Waals surface area contributed by atoms with Crippen LogP contribution in [0.5, 0.6) is 5.75 Å². The van der Waals surface area contributed by atoms with E-state index in [1.807, 2.05) is 36.5 Å². The van der Waals surface area contributed by atoms with Gasteiger partial charge in [0.05, 0.1) is 23.9 Å². The van der Waals surface area contributed by atoms with E-state index in [4.69, 9.17) is 4.74 Å². The molecule has 0 aliphatic carbocycles. The largest absolute Gasteiger partial charge is 0.497 e. The van der Waals surface area contributed by atoms with Crippen LogP contribution in [0.15, 0.2) is 48.7 Å². The number of aryl methyl sites for hydroxylation is 1. The van der Waals surface area contributed by atoms with Crippen LogP contribution in [0.2, 0.25) is 0 Å². The molecule has 0 aliphatic rings. The van der Waals surface area contributed by atoms with E-state index < -0.39 is 0 Å². The number of hydrogen-bond donors (Lipinski definition) is 0. The highest BCUT2D eigenvalue weighted by atomic mass is 16.5. The quantitative estimate of drug-likeness (QED) is 0.648. The first kappa shape index (κ1) is 15.3. The van der Waals surface area contributed by atoms with Crippen molar-refractivity contribution >= 4 is 11.3 Å². The fourth-order valence-corrected chi connectivity index (χ4v) is 2.70. The molecule has 0 unspecified atom stereocenters. The average molecular weight is 308 g/mol. The first-order valence-electron chi connectivity index (χ1n) is 7.89. The van der Waals surface area contributed by atoms with Crippen LogP contribution in [-0.2, 0) is 6.42 Å². The summed E-state index contributed by atoms with van der Waals surface area (Å²) < 4.78 is 6.95. The zero-order chi connectivity index (χ0) is 16.2. The minimum absolute atomic E-state index is 0.0138. The van der Waals surface area contributed by atoms with Gasteiger partial charge in [0.1, 0.15) is 5.75 Å². The van der Waals surface area contributed by atoms with Crippen molar-refractivity contribution in [3.63, 3.8) is 0 Å². The third kappa shape index (κ3) is 2.97. The number of carbonyl (C=O) groups is 1. The van der Waals surface area contributed by atoms with Crippen molar-refractivity contribution in [3.05, 3.63) is 65.5 Å². The van der Waals surface area contributed by atoms with Crippen molar-refractivity contribution in [3.8, 4) is 5.75 Å². The Morgan fingerprint density at radius 3 is 2.65 bits per heavy atom. The molecule has 3 aromatic rings. The summed E-state index contributed by atoms with van der Waals surface area (Å²) in [5.74, 6) is 0.757. The fraction of sp³-hybridized carbons (Fsp3) is 0.263. The minimum Gasteiger partial charge on any atom is -0.497 e. The summed E-state index contributed by atoms with van der Waals surface area (Å²) in [5.41, 5.74) is 3.10. The molecule has 0 saturated carbocycles. The van der Waals surface area contributed by atoms with Crippen LogP contribution < -0.4 is 4.74 Å². The smallest absolute Gasteiger partial charge is 0.197 e. The second-order valence-corrected chi connectivity index (χ2v) is 5.51. The zero-order valence-electron chi connectivity index (χ0n) is 13.5. The molecular weight excluding hydrogens is 288 g/mol. The Bertz CT molecular complexity index is 819. The molecule has 118 valence electrons. The number of ether oxygens (including phenoxy) is 1. The molecule has 0 radical (unpaired) electrons. The van der Waals surface area contributed by atoms with Crippen molar-refractivity contribution in [2.45, 2.75) is 26.2 Å². The van der Waals surface area contributed by atoms with Crippen LogP contribution in [-0.4, -0.2) is 22.5 Å². The van der Waals surface area contributed by atoms with Gasteiger partial charge in [0.15, 0.2) is 5.78 Å². The maximum absolute atomic E-state index is 13.0. The van der Waals surface area contributed by atoms with Gasteiger partial charge in [-0.05, 0) is 49.2 Å². The molecule has 4 heteroatoms. The highest BCUT2D eigenvalue weighted by Crippen LogP contribution is 2.22. The van der Waals surface area contributed by atoms with E-state index in [1.54, 1.807) is 23.8 Å². The number of aromatic nitrogens is 2. The summed E-state index contributed by atoms with van der Waals surface area (Å²) in [4.78, 5) is 13.0. The maximum atomic E-state index is 13.0. The minimum atomic E-state index is 0.0138. The molecule has 0 fully saturated rings. The Morgan fingerprint density at radius 2 is 1.96 bits per heavy atom. The molecule has 0 bridgehead atoms. The van der Waals surface area contributed by atoms with Crippen LogP contribution in [0.1, 0.15) is 41.4 Å². The first-order valence-corrected chi connectivity index (χ1v) is 7.89. The summed E-state index contributed by atoms with van der Waals surface area (Å²) in [6.07, 6.45) is 4.79. The third-order valence-electron chi connectivity index (χ3n) is 3.96. The van der Waals surface area contributed by atoms with Gasteiger partial charge in [-0.25, -0.2) is 4.52 Å². The third-order valence-corrected chi connectivity index (χ3v) is 3.96. The molecule has 0 atom stereocenters. The van der Waals surface area contributed by atoms with Crippen LogP contribution in [0.3, 0.4) is 0 Å². The number of hydrogen-bond acceptors (Lipinski definition) is 3. The van der Waals surface area contributed by atoms with Gasteiger partial charge in [-0.2, -0.15) is 5.10 Å². The molecule has 0 saturated heterocycles. The zero-order valence-corrected chi connectivity index (χ0v) is 13.5. The summed E-state index contributed by atoms with van der Waals surface area (Å²) in [6, 6.07) is 13.0. The van der Waals surface area contributed by atoms with Gasteiger partial charge in [0, 0.05) is 11.8 Å². The highest BCUT2D eigenvalue weighted by molar-refractivity contribution is 6.14. The highest BCUT2D eigenvalue weighted by Gasteiger charge is 2.20. The Balaban J connectivity index is 2.06. The summed E-state index contributed by atoms with van der Waals surface area (Å²) in [5, 5.41) is 4.60. The van der Waals surface area contributed by atoms with Crippen LogP contribution in [0.4, 0.5) is 0 Å². The van der Waals surface area contributed by atoms with Crippen LogP contribution >= 0.6 is 0 Å².